The van der Waals surface area contributed by atoms with Gasteiger partial charge in [-0.2, -0.15) is 0 Å². The molecule has 1 aromatic rings. The number of nitrogens with two attached hydrogens (primary N) is 1. The lowest BCUT2D eigenvalue weighted by Gasteiger charge is -2.10. The van der Waals surface area contributed by atoms with Gasteiger partial charge in [-0.25, -0.2) is 13.6 Å². The first-order chi connectivity index (χ1) is 7.56. The fourth-order valence-electron chi connectivity index (χ4n) is 1.15. The molecule has 1 aromatic carbocycles. The molecule has 0 heterocycles. The number of halogens is 2. The summed E-state index contributed by atoms with van der Waals surface area (Å²) in [6.07, 6.45) is -2.71. The van der Waals surface area contributed by atoms with Crippen LogP contribution >= 0.6 is 0 Å². The Balaban J connectivity index is 2.89. The molecule has 0 saturated heterocycles. The first-order valence-electron chi connectivity index (χ1n) is 4.44. The molecule has 88 valence electrons. The standard InChI is InChI=1S/C10H11F2NO3/c1-15-7-4-2-3-6(13)9(7)10(14)16-5-8(11)12/h2-4,8H,5,13H2,1H3. The number of ether oxygens (including phenoxy) is 2. The average molecular weight is 231 g/mol. The third kappa shape index (κ3) is 2.82. The number of benzene rings is 1. The lowest BCUT2D eigenvalue weighted by atomic mass is 10.1. The number of rotatable bonds is 4. The van der Waals surface area contributed by atoms with Crippen LogP contribution in [0.1, 0.15) is 10.4 Å². The van der Waals surface area contributed by atoms with Crippen LogP contribution in [-0.2, 0) is 4.74 Å². The number of methoxy groups -OCH3 is 1. The third-order valence-electron chi connectivity index (χ3n) is 1.82. The van der Waals surface area contributed by atoms with Crippen molar-refractivity contribution in [1.82, 2.24) is 0 Å². The van der Waals surface area contributed by atoms with Gasteiger partial charge in [0, 0.05) is 5.69 Å². The molecule has 0 saturated carbocycles. The van der Waals surface area contributed by atoms with Crippen LogP contribution < -0.4 is 10.5 Å². The largest absolute Gasteiger partial charge is 0.496 e. The number of alkyl halides is 2. The Kier molecular flexibility index (Phi) is 4.04. The Morgan fingerprint density at radius 3 is 2.75 bits per heavy atom. The minimum atomic E-state index is -2.71. The van der Waals surface area contributed by atoms with Gasteiger partial charge in [-0.15, -0.1) is 0 Å². The highest BCUT2D eigenvalue weighted by Crippen LogP contribution is 2.24. The molecule has 0 fully saturated rings. The molecule has 0 aliphatic carbocycles. The summed E-state index contributed by atoms with van der Waals surface area (Å²) in [5.41, 5.74) is 5.62. The van der Waals surface area contributed by atoms with Crippen molar-refractivity contribution in [3.63, 3.8) is 0 Å². The number of hydrogen-bond donors (Lipinski definition) is 1. The van der Waals surface area contributed by atoms with Gasteiger partial charge in [0.2, 0.25) is 0 Å². The lowest BCUT2D eigenvalue weighted by molar-refractivity contribution is 0.0158. The summed E-state index contributed by atoms with van der Waals surface area (Å²) in [4.78, 5) is 11.4. The molecule has 6 heteroatoms. The van der Waals surface area contributed by atoms with Gasteiger partial charge >= 0.3 is 5.97 Å². The summed E-state index contributed by atoms with van der Waals surface area (Å²) in [7, 11) is 1.35. The Morgan fingerprint density at radius 2 is 2.19 bits per heavy atom. The van der Waals surface area contributed by atoms with Crippen LogP contribution in [0.25, 0.3) is 0 Å². The van der Waals surface area contributed by atoms with Gasteiger partial charge in [0.1, 0.15) is 11.3 Å². The predicted octanol–water partition coefficient (Wildman–Crippen LogP) is 1.70. The molecule has 16 heavy (non-hydrogen) atoms. The van der Waals surface area contributed by atoms with Crippen LogP contribution in [0.5, 0.6) is 5.75 Å². The summed E-state index contributed by atoms with van der Waals surface area (Å²) in [6.45, 7) is -0.962. The summed E-state index contributed by atoms with van der Waals surface area (Å²) in [5.74, 6) is -0.727. The number of nitrogen functional groups attached to an aromatic ring is 1. The SMILES string of the molecule is COc1cccc(N)c1C(=O)OCC(F)F. The number of esters is 1. The summed E-state index contributed by atoms with van der Waals surface area (Å²) < 4.78 is 33.0. The molecule has 0 radical (unpaired) electrons. The van der Waals surface area contributed by atoms with E-state index in [1.165, 1.54) is 19.2 Å². The molecule has 0 aliphatic heterocycles. The molecular formula is C10H11F2NO3. The van der Waals surface area contributed by atoms with Gasteiger partial charge in [0.15, 0.2) is 6.61 Å². The van der Waals surface area contributed by atoms with Crippen molar-refractivity contribution < 1.29 is 23.0 Å². The fraction of sp³-hybridized carbons (Fsp3) is 0.300. The minimum absolute atomic E-state index is 0.0364. The molecule has 0 atom stereocenters. The van der Waals surface area contributed by atoms with E-state index in [0.29, 0.717) is 0 Å². The normalized spacial score (nSPS) is 10.2. The summed E-state index contributed by atoms with van der Waals surface area (Å²) in [6, 6.07) is 4.54. The molecule has 1 rings (SSSR count). The van der Waals surface area contributed by atoms with E-state index in [-0.39, 0.29) is 17.0 Å². The van der Waals surface area contributed by atoms with Crippen molar-refractivity contribution in [2.45, 2.75) is 6.43 Å². The van der Waals surface area contributed by atoms with Gasteiger partial charge < -0.3 is 15.2 Å². The zero-order chi connectivity index (χ0) is 12.1. The van der Waals surface area contributed by atoms with Crippen LogP contribution in [0.2, 0.25) is 0 Å². The summed E-state index contributed by atoms with van der Waals surface area (Å²) >= 11 is 0. The molecule has 0 aliphatic rings. The number of hydrogen-bond acceptors (Lipinski definition) is 4. The Hall–Kier alpha value is -1.85. The zero-order valence-electron chi connectivity index (χ0n) is 8.57. The van der Waals surface area contributed by atoms with E-state index in [1.54, 1.807) is 6.07 Å². The Bertz CT molecular complexity index is 382. The molecule has 0 amide bonds. The van der Waals surface area contributed by atoms with E-state index in [9.17, 15) is 13.6 Å². The van der Waals surface area contributed by atoms with Gasteiger partial charge in [-0.1, -0.05) is 6.07 Å². The van der Waals surface area contributed by atoms with Crippen LogP contribution in [0.3, 0.4) is 0 Å². The first-order valence-corrected chi connectivity index (χ1v) is 4.44. The summed E-state index contributed by atoms with van der Waals surface area (Å²) in [5, 5.41) is 0. The molecule has 0 aromatic heterocycles. The van der Waals surface area contributed by atoms with E-state index >= 15 is 0 Å². The fourth-order valence-corrected chi connectivity index (χ4v) is 1.15. The molecule has 0 spiro atoms. The topological polar surface area (TPSA) is 61.5 Å². The number of carbonyl (C=O) groups excluding carboxylic acids is 1. The first kappa shape index (κ1) is 12.2. The van der Waals surface area contributed by atoms with Crippen LogP contribution in [-0.4, -0.2) is 26.1 Å². The third-order valence-corrected chi connectivity index (χ3v) is 1.82. The Morgan fingerprint density at radius 1 is 1.50 bits per heavy atom. The van der Waals surface area contributed by atoms with E-state index in [0.717, 1.165) is 0 Å². The van der Waals surface area contributed by atoms with Crippen molar-refractivity contribution in [2.75, 3.05) is 19.5 Å². The van der Waals surface area contributed by atoms with Crippen molar-refractivity contribution in [3.05, 3.63) is 23.8 Å². The van der Waals surface area contributed by atoms with E-state index in [2.05, 4.69) is 4.74 Å². The highest BCUT2D eigenvalue weighted by atomic mass is 19.3. The highest BCUT2D eigenvalue weighted by Gasteiger charge is 2.18. The van der Waals surface area contributed by atoms with Gasteiger partial charge in [-0.05, 0) is 12.1 Å². The maximum absolute atomic E-state index is 11.9. The predicted molar refractivity (Wildman–Crippen MR) is 53.7 cm³/mol. The maximum Gasteiger partial charge on any atom is 0.344 e. The van der Waals surface area contributed by atoms with Crippen LogP contribution in [0, 0.1) is 0 Å². The van der Waals surface area contributed by atoms with E-state index < -0.39 is 19.0 Å². The smallest absolute Gasteiger partial charge is 0.344 e. The average Bonchev–Trinajstić information content (AvgIpc) is 2.25. The molecular weight excluding hydrogens is 220 g/mol. The molecule has 2 N–H and O–H groups in total. The minimum Gasteiger partial charge on any atom is -0.496 e. The van der Waals surface area contributed by atoms with Gasteiger partial charge in [0.05, 0.1) is 7.11 Å². The second kappa shape index (κ2) is 5.29. The number of anilines is 1. The number of carbonyl (C=O) groups is 1. The van der Waals surface area contributed by atoms with Crippen molar-refractivity contribution in [3.8, 4) is 5.75 Å². The lowest BCUT2D eigenvalue weighted by Crippen LogP contribution is -2.14. The van der Waals surface area contributed by atoms with Gasteiger partial charge in [-0.3, -0.25) is 0 Å². The van der Waals surface area contributed by atoms with E-state index in [1.807, 2.05) is 0 Å². The second-order valence-corrected chi connectivity index (χ2v) is 2.91. The molecule has 0 bridgehead atoms. The molecule has 4 nitrogen and oxygen atoms in total. The van der Waals surface area contributed by atoms with Gasteiger partial charge in [0.25, 0.3) is 6.43 Å². The van der Waals surface area contributed by atoms with Crippen LogP contribution in [0.4, 0.5) is 14.5 Å². The van der Waals surface area contributed by atoms with Crippen molar-refractivity contribution in [1.29, 1.82) is 0 Å². The second-order valence-electron chi connectivity index (χ2n) is 2.91. The molecule has 0 unspecified atom stereocenters. The van der Waals surface area contributed by atoms with E-state index in [4.69, 9.17) is 10.5 Å². The monoisotopic (exact) mass is 231 g/mol. The Labute approximate surface area is 91.0 Å². The quantitative estimate of drug-likeness (QED) is 0.632. The van der Waals surface area contributed by atoms with Crippen LogP contribution in [0.15, 0.2) is 18.2 Å². The maximum atomic E-state index is 11.9. The van der Waals surface area contributed by atoms with Crippen molar-refractivity contribution in [2.24, 2.45) is 0 Å². The zero-order valence-corrected chi connectivity index (χ0v) is 8.57. The highest BCUT2D eigenvalue weighted by molar-refractivity contribution is 5.98. The van der Waals surface area contributed by atoms with Crippen molar-refractivity contribution >= 4 is 11.7 Å².